The Morgan fingerprint density at radius 2 is 1.93 bits per heavy atom. The van der Waals surface area contributed by atoms with Crippen LogP contribution in [0, 0.1) is 11.3 Å². The standard InChI is InChI=1S/C31H37N5O8/c1-14(2)21(37)25(39)32-18-11-9-15-8-10-17-16(12-15)31(6,29(41)34-17)23-20(26-33-19(13-43-26)28(40)42-7)35-27(44-23)22(30(3,4)5)36-24(18)38/h8,10,12-14,18,21-22,37H,9,11H2,1-7H3,(H,32,39)(H,34,41)(H,36,38)/t18-,21-,22+,31-/m0/s1. The van der Waals surface area contributed by atoms with E-state index in [1.807, 2.05) is 32.9 Å². The van der Waals surface area contributed by atoms with Crippen molar-refractivity contribution in [3.8, 4) is 11.6 Å². The Kier molecular flexibility index (Phi) is 7.87. The molecule has 0 saturated carbocycles. The van der Waals surface area contributed by atoms with Gasteiger partial charge in [0.1, 0.15) is 29.9 Å². The minimum Gasteiger partial charge on any atom is -0.464 e. The van der Waals surface area contributed by atoms with E-state index in [2.05, 4.69) is 20.9 Å². The van der Waals surface area contributed by atoms with Gasteiger partial charge in [0.25, 0.3) is 0 Å². The summed E-state index contributed by atoms with van der Waals surface area (Å²) in [5.74, 6) is -2.48. The summed E-state index contributed by atoms with van der Waals surface area (Å²) in [5, 5.41) is 19.0. The SMILES string of the molecule is COC(=O)c1coc(-c2nc3oc2[C@@]2(C)C(=O)Nc4ccc(cc42)CC[C@H](NC(=O)[C@@H](O)C(C)C)C(=O)N[C@H]3C(C)(C)C)n1. The van der Waals surface area contributed by atoms with Crippen LogP contribution in [-0.2, 0) is 31.0 Å². The zero-order valence-electron chi connectivity index (χ0n) is 25.7. The molecule has 2 aliphatic rings. The number of ether oxygens (including phenoxy) is 1. The first-order valence-electron chi connectivity index (χ1n) is 14.4. The minimum atomic E-state index is -1.39. The molecule has 5 rings (SSSR count). The Labute approximate surface area is 254 Å². The molecule has 234 valence electrons. The van der Waals surface area contributed by atoms with Gasteiger partial charge in [0.05, 0.1) is 7.11 Å². The molecule has 0 aliphatic carbocycles. The Morgan fingerprint density at radius 1 is 1.20 bits per heavy atom. The number of hydrogen-bond acceptors (Lipinski definition) is 10. The van der Waals surface area contributed by atoms with Crippen molar-refractivity contribution in [2.24, 2.45) is 11.3 Å². The van der Waals surface area contributed by atoms with Gasteiger partial charge < -0.3 is 34.6 Å². The number of hydrogen-bond donors (Lipinski definition) is 4. The number of carbonyl (C=O) groups excluding carboxylic acids is 4. The number of benzene rings is 1. The number of methoxy groups -OCH3 is 1. The predicted molar refractivity (Wildman–Crippen MR) is 156 cm³/mol. The Hall–Kier alpha value is -4.52. The number of fused-ring (bicyclic) bond motifs is 4. The highest BCUT2D eigenvalue weighted by Crippen LogP contribution is 2.48. The van der Waals surface area contributed by atoms with E-state index in [0.717, 1.165) is 11.8 Å². The lowest BCUT2D eigenvalue weighted by molar-refractivity contribution is -0.136. The van der Waals surface area contributed by atoms with Crippen molar-refractivity contribution in [3.63, 3.8) is 0 Å². The fraction of sp³-hybridized carbons (Fsp3) is 0.484. The number of rotatable bonds is 5. The van der Waals surface area contributed by atoms with Crippen LogP contribution in [0.3, 0.4) is 0 Å². The van der Waals surface area contributed by atoms with Gasteiger partial charge in [-0.3, -0.25) is 14.4 Å². The zero-order chi connectivity index (χ0) is 32.1. The van der Waals surface area contributed by atoms with Crippen LogP contribution >= 0.6 is 0 Å². The quantitative estimate of drug-likeness (QED) is 0.314. The molecule has 13 nitrogen and oxygen atoms in total. The van der Waals surface area contributed by atoms with Crippen LogP contribution in [0.25, 0.3) is 11.6 Å². The van der Waals surface area contributed by atoms with E-state index in [4.69, 9.17) is 18.6 Å². The fourth-order valence-corrected chi connectivity index (χ4v) is 5.42. The first kappa shape index (κ1) is 30.9. The number of anilines is 1. The maximum absolute atomic E-state index is 13.8. The Balaban J connectivity index is 1.70. The lowest BCUT2D eigenvalue weighted by Crippen LogP contribution is -2.52. The van der Waals surface area contributed by atoms with Crippen molar-refractivity contribution < 1.29 is 37.9 Å². The van der Waals surface area contributed by atoms with E-state index in [1.165, 1.54) is 7.11 Å². The highest BCUT2D eigenvalue weighted by Gasteiger charge is 2.51. The number of nitrogens with zero attached hydrogens (tertiary/aromatic N) is 2. The van der Waals surface area contributed by atoms with Crippen molar-refractivity contribution in [3.05, 3.63) is 52.9 Å². The topological polar surface area (TPSA) is 186 Å². The minimum absolute atomic E-state index is 0.0684. The van der Waals surface area contributed by atoms with Gasteiger partial charge in [-0.05, 0) is 48.3 Å². The van der Waals surface area contributed by atoms with E-state index < -0.39 is 46.8 Å². The number of aliphatic hydroxyl groups is 1. The molecular formula is C31H37N5O8. The third-order valence-corrected chi connectivity index (χ3v) is 8.18. The van der Waals surface area contributed by atoms with Crippen LogP contribution in [0.2, 0.25) is 0 Å². The van der Waals surface area contributed by atoms with Gasteiger partial charge in [-0.25, -0.2) is 14.8 Å². The second-order valence-corrected chi connectivity index (χ2v) is 12.8. The highest BCUT2D eigenvalue weighted by molar-refractivity contribution is 6.08. The maximum atomic E-state index is 13.8. The number of aromatic nitrogens is 2. The molecule has 0 spiro atoms. The van der Waals surface area contributed by atoms with Gasteiger partial charge in [-0.2, -0.15) is 0 Å². The molecule has 13 heteroatoms. The third-order valence-electron chi connectivity index (χ3n) is 8.18. The summed E-state index contributed by atoms with van der Waals surface area (Å²) < 4.78 is 16.8. The molecule has 0 saturated heterocycles. The second kappa shape index (κ2) is 11.2. The normalized spacial score (nSPS) is 22.3. The molecule has 4 N–H and O–H groups in total. The summed E-state index contributed by atoms with van der Waals surface area (Å²) in [6.45, 7) is 10.8. The average Bonchev–Trinajstić information content (AvgIpc) is 3.69. The Morgan fingerprint density at radius 3 is 2.59 bits per heavy atom. The molecule has 3 amide bonds. The van der Waals surface area contributed by atoms with E-state index in [1.54, 1.807) is 26.8 Å². The summed E-state index contributed by atoms with van der Waals surface area (Å²) in [7, 11) is 1.22. The molecule has 2 aliphatic heterocycles. The molecule has 4 heterocycles. The fourth-order valence-electron chi connectivity index (χ4n) is 5.42. The summed E-state index contributed by atoms with van der Waals surface area (Å²) in [6, 6.07) is 3.63. The van der Waals surface area contributed by atoms with Crippen LogP contribution in [-0.4, -0.2) is 58.0 Å². The van der Waals surface area contributed by atoms with Crippen molar-refractivity contribution in [1.82, 2.24) is 20.6 Å². The smallest absolute Gasteiger partial charge is 0.360 e. The summed E-state index contributed by atoms with van der Waals surface area (Å²) in [6.07, 6.45) is 0.437. The molecule has 4 bridgehead atoms. The van der Waals surface area contributed by atoms with Gasteiger partial charge >= 0.3 is 5.97 Å². The van der Waals surface area contributed by atoms with Crippen LogP contribution in [0.15, 0.2) is 33.3 Å². The molecule has 0 radical (unpaired) electrons. The zero-order valence-corrected chi connectivity index (χ0v) is 25.7. The second-order valence-electron chi connectivity index (χ2n) is 12.8. The van der Waals surface area contributed by atoms with E-state index in [-0.39, 0.29) is 47.2 Å². The van der Waals surface area contributed by atoms with Crippen LogP contribution in [0.5, 0.6) is 0 Å². The lowest BCUT2D eigenvalue weighted by atomic mass is 9.79. The van der Waals surface area contributed by atoms with Crippen LogP contribution < -0.4 is 16.0 Å². The maximum Gasteiger partial charge on any atom is 0.360 e. The number of esters is 1. The van der Waals surface area contributed by atoms with Crippen molar-refractivity contribution in [1.29, 1.82) is 0 Å². The van der Waals surface area contributed by atoms with Crippen molar-refractivity contribution in [2.75, 3.05) is 12.4 Å². The number of amides is 3. The van der Waals surface area contributed by atoms with Crippen LogP contribution in [0.4, 0.5) is 5.69 Å². The molecule has 0 unspecified atom stereocenters. The molecule has 44 heavy (non-hydrogen) atoms. The number of carbonyl (C=O) groups is 4. The van der Waals surface area contributed by atoms with Gasteiger partial charge in [-0.1, -0.05) is 46.8 Å². The van der Waals surface area contributed by atoms with Crippen LogP contribution in [0.1, 0.15) is 87.3 Å². The number of aliphatic hydroxyl groups excluding tert-OH is 1. The van der Waals surface area contributed by atoms with Crippen molar-refractivity contribution >= 4 is 29.4 Å². The van der Waals surface area contributed by atoms with E-state index in [0.29, 0.717) is 17.7 Å². The first-order valence-corrected chi connectivity index (χ1v) is 14.4. The molecule has 0 fully saturated rings. The summed E-state index contributed by atoms with van der Waals surface area (Å²) in [5.41, 5.74) is -0.0762. The highest BCUT2D eigenvalue weighted by atomic mass is 16.5. The molecule has 1 aromatic carbocycles. The van der Waals surface area contributed by atoms with Gasteiger partial charge in [-0.15, -0.1) is 0 Å². The largest absolute Gasteiger partial charge is 0.464 e. The summed E-state index contributed by atoms with van der Waals surface area (Å²) >= 11 is 0. The average molecular weight is 608 g/mol. The van der Waals surface area contributed by atoms with Gasteiger partial charge in [0, 0.05) is 5.69 Å². The molecule has 3 aromatic rings. The molecule has 4 atom stereocenters. The molecule has 2 aromatic heterocycles. The first-order chi connectivity index (χ1) is 20.6. The predicted octanol–water partition coefficient (Wildman–Crippen LogP) is 3.03. The molecular weight excluding hydrogens is 570 g/mol. The summed E-state index contributed by atoms with van der Waals surface area (Å²) in [4.78, 5) is 61.5. The third kappa shape index (κ3) is 5.36. The lowest BCUT2D eigenvalue weighted by Gasteiger charge is -2.31. The monoisotopic (exact) mass is 607 g/mol. The van der Waals surface area contributed by atoms with E-state index >= 15 is 0 Å². The van der Waals surface area contributed by atoms with Gasteiger partial charge in [0.2, 0.25) is 29.5 Å². The van der Waals surface area contributed by atoms with Crippen molar-refractivity contribution in [2.45, 2.75) is 78.0 Å². The number of aryl methyl sites for hydroxylation is 1. The Bertz CT molecular complexity index is 1630. The number of oxazole rings is 2. The number of nitrogens with one attached hydrogen (secondary N) is 3. The van der Waals surface area contributed by atoms with E-state index in [9.17, 15) is 24.3 Å². The van der Waals surface area contributed by atoms with Gasteiger partial charge in [0.15, 0.2) is 17.1 Å².